The van der Waals surface area contributed by atoms with Crippen LogP contribution in [0.4, 0.5) is 5.69 Å². The van der Waals surface area contributed by atoms with Crippen LogP contribution in [0.1, 0.15) is 30.5 Å². The van der Waals surface area contributed by atoms with Crippen LogP contribution in [0.15, 0.2) is 77.7 Å². The number of carbonyl (C=O) groups is 1. The summed E-state index contributed by atoms with van der Waals surface area (Å²) in [4.78, 5) is 13.0. The molecule has 0 unspecified atom stereocenters. The molecule has 33 heavy (non-hydrogen) atoms. The highest BCUT2D eigenvalue weighted by atomic mass is 32.2. The minimum atomic E-state index is -3.96. The van der Waals surface area contributed by atoms with Crippen LogP contribution in [0.5, 0.6) is 5.75 Å². The summed E-state index contributed by atoms with van der Waals surface area (Å²) in [6.45, 7) is 4.18. The van der Waals surface area contributed by atoms with Gasteiger partial charge in [-0.2, -0.15) is 0 Å². The third kappa shape index (κ3) is 5.93. The topological polar surface area (TPSA) is 75.7 Å². The van der Waals surface area contributed by atoms with Crippen molar-refractivity contribution in [2.45, 2.75) is 38.1 Å². The molecule has 174 valence electrons. The van der Waals surface area contributed by atoms with Crippen molar-refractivity contribution in [2.24, 2.45) is 0 Å². The normalized spacial score (nSPS) is 11.1. The highest BCUT2D eigenvalue weighted by Gasteiger charge is 2.27. The van der Waals surface area contributed by atoms with Crippen LogP contribution in [-0.2, 0) is 34.2 Å². The second-order valence-corrected chi connectivity index (χ2v) is 9.47. The van der Waals surface area contributed by atoms with Gasteiger partial charge in [-0.05, 0) is 65.9 Å². The van der Waals surface area contributed by atoms with Crippen molar-refractivity contribution in [2.75, 3.05) is 18.0 Å². The van der Waals surface area contributed by atoms with E-state index < -0.39 is 10.0 Å². The van der Waals surface area contributed by atoms with Crippen molar-refractivity contribution in [3.05, 3.63) is 89.5 Å². The zero-order chi connectivity index (χ0) is 23.8. The van der Waals surface area contributed by atoms with Gasteiger partial charge in [0.25, 0.3) is 10.0 Å². The van der Waals surface area contributed by atoms with Crippen LogP contribution in [0.2, 0.25) is 0 Å². The van der Waals surface area contributed by atoms with E-state index in [4.69, 9.17) is 4.74 Å². The van der Waals surface area contributed by atoms with Crippen molar-refractivity contribution in [3.8, 4) is 5.75 Å². The summed E-state index contributed by atoms with van der Waals surface area (Å²) in [6.07, 6.45) is 1.77. The first-order valence-corrected chi connectivity index (χ1v) is 12.4. The molecule has 0 radical (unpaired) electrons. The van der Waals surface area contributed by atoms with Crippen LogP contribution in [0.25, 0.3) is 0 Å². The van der Waals surface area contributed by atoms with Gasteiger partial charge in [0.05, 0.1) is 17.7 Å². The molecule has 1 amide bonds. The lowest BCUT2D eigenvalue weighted by atomic mass is 10.0. The van der Waals surface area contributed by atoms with Crippen LogP contribution < -0.4 is 14.4 Å². The zero-order valence-corrected chi connectivity index (χ0v) is 20.1. The van der Waals surface area contributed by atoms with Gasteiger partial charge in [-0.15, -0.1) is 0 Å². The first-order chi connectivity index (χ1) is 15.9. The minimum absolute atomic E-state index is 0.0869. The fourth-order valence-corrected chi connectivity index (χ4v) is 4.99. The number of anilines is 1. The molecule has 0 aliphatic rings. The molecule has 0 atom stereocenters. The number of carbonyl (C=O) groups excluding carboxylic acids is 1. The molecule has 0 aliphatic carbocycles. The standard InChI is InChI=1S/C26H30N2O4S/c1-4-20-11-12-21(5-2)22(17-20)18-27-26(29)19-28(23-9-7-6-8-10-23)33(30,31)25-15-13-24(32-3)14-16-25/h6-17H,4-5,18-19H2,1-3H3,(H,27,29). The maximum Gasteiger partial charge on any atom is 0.264 e. The van der Waals surface area contributed by atoms with E-state index in [1.165, 1.54) is 30.4 Å². The second-order valence-electron chi connectivity index (χ2n) is 7.61. The van der Waals surface area contributed by atoms with Crippen LogP contribution in [-0.4, -0.2) is 28.0 Å². The summed E-state index contributed by atoms with van der Waals surface area (Å²) < 4.78 is 33.1. The van der Waals surface area contributed by atoms with E-state index in [2.05, 4.69) is 37.4 Å². The molecule has 3 rings (SSSR count). The average molecular weight is 467 g/mol. The fraction of sp³-hybridized carbons (Fsp3) is 0.269. The molecule has 7 heteroatoms. The Morgan fingerprint density at radius 2 is 1.61 bits per heavy atom. The van der Waals surface area contributed by atoms with E-state index in [-0.39, 0.29) is 17.3 Å². The maximum absolute atomic E-state index is 13.4. The molecule has 1 N–H and O–H groups in total. The molecule has 6 nitrogen and oxygen atoms in total. The smallest absolute Gasteiger partial charge is 0.264 e. The number of para-hydroxylation sites is 1. The van der Waals surface area contributed by atoms with Gasteiger partial charge >= 0.3 is 0 Å². The number of benzene rings is 3. The molecular formula is C26H30N2O4S. The average Bonchev–Trinajstić information content (AvgIpc) is 2.86. The molecular weight excluding hydrogens is 436 g/mol. The highest BCUT2D eigenvalue weighted by Crippen LogP contribution is 2.25. The van der Waals surface area contributed by atoms with Crippen molar-refractivity contribution in [3.63, 3.8) is 0 Å². The maximum atomic E-state index is 13.4. The van der Waals surface area contributed by atoms with Gasteiger partial charge in [0.1, 0.15) is 12.3 Å². The molecule has 0 bridgehead atoms. The number of nitrogens with zero attached hydrogens (tertiary/aromatic N) is 1. The molecule has 0 heterocycles. The van der Waals surface area contributed by atoms with Crippen molar-refractivity contribution in [1.82, 2.24) is 5.32 Å². The van der Waals surface area contributed by atoms with Crippen molar-refractivity contribution >= 4 is 21.6 Å². The summed E-state index contributed by atoms with van der Waals surface area (Å²) in [5.41, 5.74) is 3.84. The van der Waals surface area contributed by atoms with Crippen molar-refractivity contribution < 1.29 is 17.9 Å². The number of hydrogen-bond donors (Lipinski definition) is 1. The van der Waals surface area contributed by atoms with Crippen molar-refractivity contribution in [1.29, 1.82) is 0 Å². The Hall–Kier alpha value is -3.32. The van der Waals surface area contributed by atoms with Gasteiger partial charge in [0.15, 0.2) is 0 Å². The van der Waals surface area contributed by atoms with E-state index >= 15 is 0 Å². The lowest BCUT2D eigenvalue weighted by molar-refractivity contribution is -0.119. The SMILES string of the molecule is CCc1ccc(CC)c(CNC(=O)CN(c2ccccc2)S(=O)(=O)c2ccc(OC)cc2)c1. The predicted molar refractivity (Wildman–Crippen MR) is 131 cm³/mol. The number of rotatable bonds is 10. The molecule has 0 fully saturated rings. The van der Waals surface area contributed by atoms with Crippen LogP contribution in [0.3, 0.4) is 0 Å². The Labute approximate surface area is 196 Å². The Kier molecular flexibility index (Phi) is 8.11. The molecule has 3 aromatic rings. The van der Waals surface area contributed by atoms with Gasteiger partial charge in [-0.25, -0.2) is 8.42 Å². The minimum Gasteiger partial charge on any atom is -0.497 e. The molecule has 0 saturated heterocycles. The van der Waals surface area contributed by atoms with Gasteiger partial charge in [0, 0.05) is 6.54 Å². The summed E-state index contributed by atoms with van der Waals surface area (Å²) >= 11 is 0. The third-order valence-electron chi connectivity index (χ3n) is 5.51. The summed E-state index contributed by atoms with van der Waals surface area (Å²) in [5.74, 6) is 0.180. The number of methoxy groups -OCH3 is 1. The molecule has 3 aromatic carbocycles. The van der Waals surface area contributed by atoms with Gasteiger partial charge < -0.3 is 10.1 Å². The molecule has 0 aliphatic heterocycles. The van der Waals surface area contributed by atoms with E-state index in [9.17, 15) is 13.2 Å². The number of aryl methyl sites for hydroxylation is 2. The third-order valence-corrected chi connectivity index (χ3v) is 7.30. The van der Waals surface area contributed by atoms with E-state index in [0.29, 0.717) is 18.0 Å². The van der Waals surface area contributed by atoms with Gasteiger partial charge in [-0.1, -0.05) is 50.2 Å². The van der Waals surface area contributed by atoms with Crippen LogP contribution in [0, 0.1) is 0 Å². The first kappa shape index (κ1) is 24.3. The summed E-state index contributed by atoms with van der Waals surface area (Å²) in [5, 5.41) is 2.90. The fourth-order valence-electron chi connectivity index (χ4n) is 3.57. The Bertz CT molecular complexity index is 1180. The number of nitrogens with one attached hydrogen (secondary N) is 1. The predicted octanol–water partition coefficient (Wildman–Crippen LogP) is 4.33. The Balaban J connectivity index is 1.83. The number of amides is 1. The summed E-state index contributed by atoms with van der Waals surface area (Å²) in [6, 6.07) is 21.1. The van der Waals surface area contributed by atoms with E-state index in [0.717, 1.165) is 22.7 Å². The van der Waals surface area contributed by atoms with E-state index in [1.54, 1.807) is 42.5 Å². The number of hydrogen-bond acceptors (Lipinski definition) is 4. The highest BCUT2D eigenvalue weighted by molar-refractivity contribution is 7.92. The Morgan fingerprint density at radius 1 is 0.909 bits per heavy atom. The lowest BCUT2D eigenvalue weighted by Gasteiger charge is -2.24. The molecule has 0 spiro atoms. The quantitative estimate of drug-likeness (QED) is 0.483. The van der Waals surface area contributed by atoms with Gasteiger partial charge in [-0.3, -0.25) is 9.10 Å². The second kappa shape index (κ2) is 11.0. The van der Waals surface area contributed by atoms with Gasteiger partial charge in [0.2, 0.25) is 5.91 Å². The lowest BCUT2D eigenvalue weighted by Crippen LogP contribution is -2.40. The largest absolute Gasteiger partial charge is 0.497 e. The summed E-state index contributed by atoms with van der Waals surface area (Å²) in [7, 11) is -2.45. The number of sulfonamides is 1. The Morgan fingerprint density at radius 3 is 2.21 bits per heavy atom. The monoisotopic (exact) mass is 466 g/mol. The number of ether oxygens (including phenoxy) is 1. The molecule has 0 saturated carbocycles. The van der Waals surface area contributed by atoms with E-state index in [1.807, 2.05) is 0 Å². The molecule has 0 aromatic heterocycles. The zero-order valence-electron chi connectivity index (χ0n) is 19.2. The van der Waals surface area contributed by atoms with Crippen LogP contribution >= 0.6 is 0 Å². The first-order valence-electron chi connectivity index (χ1n) is 11.0.